The number of fused-ring (bicyclic) bond motifs is 1. The molecule has 0 amide bonds. The Morgan fingerprint density at radius 1 is 1.10 bits per heavy atom. The molecular formula is C23H29N5O. The van der Waals surface area contributed by atoms with Crippen LogP contribution in [0.25, 0.3) is 10.9 Å². The zero-order chi connectivity index (χ0) is 20.2. The van der Waals surface area contributed by atoms with Crippen molar-refractivity contribution in [3.8, 4) is 5.75 Å². The van der Waals surface area contributed by atoms with Crippen molar-refractivity contribution in [2.24, 2.45) is 4.99 Å². The van der Waals surface area contributed by atoms with E-state index in [1.54, 1.807) is 6.07 Å². The van der Waals surface area contributed by atoms with E-state index in [0.717, 1.165) is 50.8 Å². The lowest BCUT2D eigenvalue weighted by atomic mass is 10.1. The van der Waals surface area contributed by atoms with Gasteiger partial charge in [0.2, 0.25) is 0 Å². The summed E-state index contributed by atoms with van der Waals surface area (Å²) in [5.41, 5.74) is 4.74. The first-order valence-electron chi connectivity index (χ1n) is 10.2. The number of anilines is 1. The van der Waals surface area contributed by atoms with Crippen LogP contribution in [-0.4, -0.2) is 60.7 Å². The molecule has 1 aliphatic rings. The highest BCUT2D eigenvalue weighted by Gasteiger charge is 2.21. The van der Waals surface area contributed by atoms with Gasteiger partial charge in [0.05, 0.1) is 5.69 Å². The first-order chi connectivity index (χ1) is 14.2. The highest BCUT2D eigenvalue weighted by molar-refractivity contribution is 5.86. The summed E-state index contributed by atoms with van der Waals surface area (Å²) < 4.78 is 0. The number of aliphatic imine (C=N–C) groups is 1. The lowest BCUT2D eigenvalue weighted by Crippen LogP contribution is -2.52. The van der Waals surface area contributed by atoms with Gasteiger partial charge >= 0.3 is 0 Å². The average molecular weight is 392 g/mol. The number of phenolic OH excluding ortho intramolecular Hbond substituents is 1. The Hall–Kier alpha value is -3.15. The average Bonchev–Trinajstić information content (AvgIpc) is 3.16. The van der Waals surface area contributed by atoms with Crippen molar-refractivity contribution in [2.75, 3.05) is 44.7 Å². The maximum Gasteiger partial charge on any atom is 0.193 e. The number of aromatic hydroxyl groups is 1. The first-order valence-corrected chi connectivity index (χ1v) is 10.2. The number of phenols is 1. The van der Waals surface area contributed by atoms with Gasteiger partial charge in [0, 0.05) is 56.9 Å². The van der Waals surface area contributed by atoms with Crippen LogP contribution in [0.1, 0.15) is 11.1 Å². The smallest absolute Gasteiger partial charge is 0.193 e. The van der Waals surface area contributed by atoms with Crippen LogP contribution in [0.4, 0.5) is 5.69 Å². The van der Waals surface area contributed by atoms with Gasteiger partial charge in [-0.3, -0.25) is 4.99 Å². The lowest BCUT2D eigenvalue weighted by molar-refractivity contribution is 0.370. The second kappa shape index (κ2) is 8.47. The molecule has 1 aromatic heterocycles. The molecule has 2 aromatic carbocycles. The highest BCUT2D eigenvalue weighted by Crippen LogP contribution is 2.27. The summed E-state index contributed by atoms with van der Waals surface area (Å²) >= 11 is 0. The topological polar surface area (TPSA) is 66.9 Å². The summed E-state index contributed by atoms with van der Waals surface area (Å²) in [6.07, 6.45) is 3.06. The van der Waals surface area contributed by atoms with Gasteiger partial charge in [-0.1, -0.05) is 30.3 Å². The number of benzene rings is 2. The minimum absolute atomic E-state index is 0.345. The summed E-state index contributed by atoms with van der Waals surface area (Å²) in [4.78, 5) is 12.4. The molecule has 6 nitrogen and oxygen atoms in total. The van der Waals surface area contributed by atoms with E-state index in [1.807, 2.05) is 25.2 Å². The summed E-state index contributed by atoms with van der Waals surface area (Å²) in [5.74, 6) is 1.29. The molecule has 1 saturated heterocycles. The van der Waals surface area contributed by atoms with E-state index in [9.17, 15) is 5.11 Å². The Morgan fingerprint density at radius 3 is 2.66 bits per heavy atom. The molecule has 3 N–H and O–H groups in total. The maximum absolute atomic E-state index is 10.1. The summed E-state index contributed by atoms with van der Waals surface area (Å²) in [6.45, 7) is 6.45. The standard InChI is InChI=1S/C23H29N5O/c1-17-6-5-7-19-18(16-26-22(17)19)10-11-25-23(24-2)28-14-12-27(13-15-28)20-8-3-4-9-21(20)29/h3-9,16,26,29H,10-15H2,1-2H3,(H,24,25). The number of guanidine groups is 1. The van der Waals surface area contributed by atoms with Crippen molar-refractivity contribution >= 4 is 22.5 Å². The minimum atomic E-state index is 0.345. The number of rotatable bonds is 4. The van der Waals surface area contributed by atoms with Gasteiger partial charge in [0.1, 0.15) is 5.75 Å². The largest absolute Gasteiger partial charge is 0.506 e. The second-order valence-electron chi connectivity index (χ2n) is 7.50. The Labute approximate surface area is 171 Å². The van der Waals surface area contributed by atoms with E-state index in [2.05, 4.69) is 56.4 Å². The highest BCUT2D eigenvalue weighted by atomic mass is 16.3. The molecule has 152 valence electrons. The molecule has 3 aromatic rings. The van der Waals surface area contributed by atoms with E-state index in [4.69, 9.17) is 0 Å². The molecule has 4 rings (SSSR count). The van der Waals surface area contributed by atoms with Crippen molar-refractivity contribution in [2.45, 2.75) is 13.3 Å². The number of aromatic nitrogens is 1. The van der Waals surface area contributed by atoms with Gasteiger partial charge in [0.25, 0.3) is 0 Å². The minimum Gasteiger partial charge on any atom is -0.506 e. The zero-order valence-corrected chi connectivity index (χ0v) is 17.2. The third kappa shape index (κ3) is 4.01. The van der Waals surface area contributed by atoms with Gasteiger partial charge in [-0.25, -0.2) is 0 Å². The molecule has 0 saturated carbocycles. The maximum atomic E-state index is 10.1. The van der Waals surface area contributed by atoms with Crippen LogP contribution >= 0.6 is 0 Å². The van der Waals surface area contributed by atoms with Crippen molar-refractivity contribution in [1.29, 1.82) is 0 Å². The fourth-order valence-electron chi connectivity index (χ4n) is 4.10. The van der Waals surface area contributed by atoms with Crippen LogP contribution in [0.2, 0.25) is 0 Å². The van der Waals surface area contributed by atoms with E-state index in [0.29, 0.717) is 5.75 Å². The third-order valence-corrected chi connectivity index (χ3v) is 5.70. The lowest BCUT2D eigenvalue weighted by Gasteiger charge is -2.37. The molecule has 2 heterocycles. The molecule has 0 bridgehead atoms. The van der Waals surface area contributed by atoms with Crippen LogP contribution in [-0.2, 0) is 6.42 Å². The third-order valence-electron chi connectivity index (χ3n) is 5.70. The van der Waals surface area contributed by atoms with Gasteiger partial charge in [-0.2, -0.15) is 0 Å². The quantitative estimate of drug-likeness (QED) is 0.472. The Morgan fingerprint density at radius 2 is 1.90 bits per heavy atom. The summed E-state index contributed by atoms with van der Waals surface area (Å²) in [5, 5.41) is 14.9. The van der Waals surface area contributed by atoms with Gasteiger partial charge in [-0.15, -0.1) is 0 Å². The molecule has 0 radical (unpaired) electrons. The van der Waals surface area contributed by atoms with Crippen molar-refractivity contribution < 1.29 is 5.11 Å². The van der Waals surface area contributed by atoms with Crippen LogP contribution in [0, 0.1) is 6.92 Å². The monoisotopic (exact) mass is 391 g/mol. The van der Waals surface area contributed by atoms with E-state index in [1.165, 1.54) is 22.0 Å². The molecule has 0 aliphatic carbocycles. The Bertz CT molecular complexity index is 1000. The van der Waals surface area contributed by atoms with Crippen LogP contribution in [0.3, 0.4) is 0 Å². The number of aromatic amines is 1. The van der Waals surface area contributed by atoms with Crippen molar-refractivity contribution in [3.63, 3.8) is 0 Å². The number of nitrogens with zero attached hydrogens (tertiary/aromatic N) is 3. The van der Waals surface area contributed by atoms with Crippen LogP contribution in [0.5, 0.6) is 5.75 Å². The van der Waals surface area contributed by atoms with Gasteiger partial charge in [-0.05, 0) is 36.6 Å². The number of piperazine rings is 1. The van der Waals surface area contributed by atoms with Crippen LogP contribution in [0.15, 0.2) is 53.7 Å². The number of aryl methyl sites for hydroxylation is 1. The number of hydrogen-bond acceptors (Lipinski definition) is 3. The number of nitrogens with one attached hydrogen (secondary N) is 2. The zero-order valence-electron chi connectivity index (χ0n) is 17.2. The van der Waals surface area contributed by atoms with Crippen LogP contribution < -0.4 is 10.2 Å². The number of hydrogen-bond donors (Lipinski definition) is 3. The van der Waals surface area contributed by atoms with E-state index >= 15 is 0 Å². The summed E-state index contributed by atoms with van der Waals surface area (Å²) in [6, 6.07) is 14.0. The normalized spacial score (nSPS) is 15.2. The molecular weight excluding hydrogens is 362 g/mol. The molecule has 0 atom stereocenters. The Kier molecular flexibility index (Phi) is 5.60. The predicted molar refractivity (Wildman–Crippen MR) is 120 cm³/mol. The molecule has 29 heavy (non-hydrogen) atoms. The first kappa shape index (κ1) is 19.2. The molecule has 0 spiro atoms. The molecule has 1 fully saturated rings. The SMILES string of the molecule is CN=C(NCCc1c[nH]c2c(C)cccc12)N1CCN(c2ccccc2O)CC1. The van der Waals surface area contributed by atoms with E-state index < -0.39 is 0 Å². The molecule has 1 aliphatic heterocycles. The van der Waals surface area contributed by atoms with Crippen molar-refractivity contribution in [3.05, 3.63) is 59.8 Å². The number of H-pyrrole nitrogens is 1. The molecule has 6 heteroatoms. The molecule has 0 unspecified atom stereocenters. The van der Waals surface area contributed by atoms with E-state index in [-0.39, 0.29) is 0 Å². The number of para-hydroxylation sites is 3. The second-order valence-corrected chi connectivity index (χ2v) is 7.50. The summed E-state index contributed by atoms with van der Waals surface area (Å²) in [7, 11) is 1.84. The fraction of sp³-hybridized carbons (Fsp3) is 0.348. The predicted octanol–water partition coefficient (Wildman–Crippen LogP) is 3.12. The van der Waals surface area contributed by atoms with Crippen molar-refractivity contribution in [1.82, 2.24) is 15.2 Å². The van der Waals surface area contributed by atoms with Gasteiger partial charge in [0.15, 0.2) is 5.96 Å². The Balaban J connectivity index is 1.32. The van der Waals surface area contributed by atoms with Gasteiger partial charge < -0.3 is 25.2 Å². The fourth-order valence-corrected chi connectivity index (χ4v) is 4.10.